The summed E-state index contributed by atoms with van der Waals surface area (Å²) in [6.45, 7) is 8.34. The van der Waals surface area contributed by atoms with Crippen LogP contribution in [0.15, 0.2) is 24.3 Å². The topological polar surface area (TPSA) is 35.2 Å². The third-order valence-electron chi connectivity index (χ3n) is 3.37. The minimum Gasteiger partial charge on any atom is -0.366 e. The van der Waals surface area contributed by atoms with Crippen LogP contribution in [0.25, 0.3) is 0 Å². The average Bonchev–Trinajstić information content (AvgIpc) is 2.36. The Morgan fingerprint density at radius 2 is 1.89 bits per heavy atom. The number of benzene rings is 1. The van der Waals surface area contributed by atoms with Crippen molar-refractivity contribution in [2.75, 3.05) is 0 Å². The van der Waals surface area contributed by atoms with Gasteiger partial charge in [-0.05, 0) is 32.8 Å². The first-order chi connectivity index (χ1) is 8.41. The zero-order valence-corrected chi connectivity index (χ0v) is 12.5. The lowest BCUT2D eigenvalue weighted by atomic mass is 9.98. The number of hydrogen-bond donors (Lipinski definition) is 1. The molecular weight excluding hydrogens is 246 g/mol. The summed E-state index contributed by atoms with van der Waals surface area (Å²) in [6, 6.07) is 7.73. The van der Waals surface area contributed by atoms with Crippen molar-refractivity contribution in [3.63, 3.8) is 0 Å². The van der Waals surface area contributed by atoms with Gasteiger partial charge in [-0.3, -0.25) is 0 Å². The average molecular weight is 270 g/mol. The molecule has 3 heteroatoms. The van der Waals surface area contributed by atoms with Crippen molar-refractivity contribution in [2.45, 2.75) is 58.3 Å². The van der Waals surface area contributed by atoms with E-state index >= 15 is 0 Å². The minimum atomic E-state index is -0.198. The number of hydrogen-bond acceptors (Lipinski definition) is 2. The van der Waals surface area contributed by atoms with E-state index in [2.05, 4.69) is 27.7 Å². The Bertz CT molecular complexity index is 379. The van der Waals surface area contributed by atoms with Crippen LogP contribution >= 0.6 is 11.6 Å². The van der Waals surface area contributed by atoms with E-state index < -0.39 is 0 Å². The Kier molecular flexibility index (Phi) is 5.64. The monoisotopic (exact) mass is 269 g/mol. The van der Waals surface area contributed by atoms with E-state index in [-0.39, 0.29) is 17.7 Å². The van der Waals surface area contributed by atoms with Crippen molar-refractivity contribution in [1.82, 2.24) is 0 Å². The quantitative estimate of drug-likeness (QED) is 0.835. The number of nitrogens with two attached hydrogens (primary N) is 1. The van der Waals surface area contributed by atoms with E-state index in [1.165, 1.54) is 0 Å². The fraction of sp³-hybridized carbons (Fsp3) is 0.600. The van der Waals surface area contributed by atoms with Crippen LogP contribution in [-0.4, -0.2) is 11.6 Å². The van der Waals surface area contributed by atoms with Crippen molar-refractivity contribution in [3.8, 4) is 0 Å². The van der Waals surface area contributed by atoms with Crippen LogP contribution in [0, 0.1) is 0 Å². The lowest BCUT2D eigenvalue weighted by Gasteiger charge is -2.33. The van der Waals surface area contributed by atoms with Gasteiger partial charge in [0.15, 0.2) is 0 Å². The Balaban J connectivity index is 3.03. The summed E-state index contributed by atoms with van der Waals surface area (Å²) in [6.07, 6.45) is 1.64. The van der Waals surface area contributed by atoms with Crippen LogP contribution < -0.4 is 5.73 Å². The van der Waals surface area contributed by atoms with Crippen LogP contribution in [0.1, 0.15) is 52.2 Å². The fourth-order valence-electron chi connectivity index (χ4n) is 1.73. The van der Waals surface area contributed by atoms with Gasteiger partial charge >= 0.3 is 0 Å². The second-order valence-electron chi connectivity index (χ2n) is 5.25. The van der Waals surface area contributed by atoms with E-state index in [1.807, 2.05) is 24.3 Å². The maximum Gasteiger partial charge on any atom is 0.0997 e. The van der Waals surface area contributed by atoms with Gasteiger partial charge in [0.05, 0.1) is 11.7 Å². The summed E-state index contributed by atoms with van der Waals surface area (Å²) < 4.78 is 6.20. The Hall–Kier alpha value is -0.570. The van der Waals surface area contributed by atoms with Crippen LogP contribution in [-0.2, 0) is 4.74 Å². The van der Waals surface area contributed by atoms with E-state index in [0.717, 1.165) is 23.4 Å². The lowest BCUT2D eigenvalue weighted by Crippen LogP contribution is -2.36. The normalized spacial score (nSPS) is 15.4. The third-order valence-corrected chi connectivity index (χ3v) is 3.71. The third kappa shape index (κ3) is 3.98. The zero-order chi connectivity index (χ0) is 13.8. The molecule has 1 aromatic carbocycles. The van der Waals surface area contributed by atoms with Crippen molar-refractivity contribution >= 4 is 11.6 Å². The Morgan fingerprint density at radius 3 is 2.39 bits per heavy atom. The molecule has 102 valence electrons. The summed E-state index contributed by atoms with van der Waals surface area (Å²) in [5.41, 5.74) is 6.98. The maximum absolute atomic E-state index is 6.26. The Morgan fingerprint density at radius 1 is 1.28 bits per heavy atom. The van der Waals surface area contributed by atoms with Gasteiger partial charge < -0.3 is 10.5 Å². The number of rotatable bonds is 6. The van der Waals surface area contributed by atoms with Gasteiger partial charge in [-0.25, -0.2) is 0 Å². The highest BCUT2D eigenvalue weighted by Gasteiger charge is 2.28. The maximum atomic E-state index is 6.26. The minimum absolute atomic E-state index is 0.0456. The molecule has 0 radical (unpaired) electrons. The molecule has 2 N–H and O–H groups in total. The highest BCUT2D eigenvalue weighted by molar-refractivity contribution is 6.31. The van der Waals surface area contributed by atoms with E-state index in [9.17, 15) is 0 Å². The number of ether oxygens (including phenoxy) is 1. The van der Waals surface area contributed by atoms with Gasteiger partial charge in [0.25, 0.3) is 0 Å². The van der Waals surface area contributed by atoms with Gasteiger partial charge in [-0.1, -0.05) is 43.6 Å². The molecule has 18 heavy (non-hydrogen) atoms. The summed E-state index contributed by atoms with van der Waals surface area (Å²) >= 11 is 6.26. The van der Waals surface area contributed by atoms with E-state index in [4.69, 9.17) is 22.1 Å². The highest BCUT2D eigenvalue weighted by Crippen LogP contribution is 2.33. The molecule has 0 spiro atoms. The fourth-order valence-corrected chi connectivity index (χ4v) is 1.97. The first-order valence-corrected chi connectivity index (χ1v) is 6.97. The van der Waals surface area contributed by atoms with Crippen LogP contribution in [0.4, 0.5) is 0 Å². The first-order valence-electron chi connectivity index (χ1n) is 6.59. The molecule has 2 unspecified atom stereocenters. The van der Waals surface area contributed by atoms with Crippen LogP contribution in [0.3, 0.4) is 0 Å². The molecule has 0 fully saturated rings. The highest BCUT2D eigenvalue weighted by atomic mass is 35.5. The largest absolute Gasteiger partial charge is 0.366 e. The molecule has 0 aliphatic rings. The summed E-state index contributed by atoms with van der Waals surface area (Å²) in [4.78, 5) is 0. The number of halogens is 1. The Labute approximate surface area is 115 Å². The van der Waals surface area contributed by atoms with Gasteiger partial charge in [-0.2, -0.15) is 0 Å². The van der Waals surface area contributed by atoms with Crippen LogP contribution in [0.2, 0.25) is 5.02 Å². The molecule has 0 aliphatic heterocycles. The molecule has 0 amide bonds. The SMILES string of the molecule is CCC(N)C(OC(C)(C)CC)c1ccccc1Cl. The molecule has 0 heterocycles. The molecule has 0 bridgehead atoms. The molecule has 2 atom stereocenters. The summed E-state index contributed by atoms with van der Waals surface area (Å²) in [7, 11) is 0. The summed E-state index contributed by atoms with van der Waals surface area (Å²) in [5.74, 6) is 0. The van der Waals surface area contributed by atoms with E-state index in [1.54, 1.807) is 0 Å². The molecule has 0 aliphatic carbocycles. The van der Waals surface area contributed by atoms with Gasteiger partial charge in [-0.15, -0.1) is 0 Å². The first kappa shape index (κ1) is 15.5. The standard InChI is InChI=1S/C15H24ClNO/c1-5-13(17)14(18-15(3,4)6-2)11-9-7-8-10-12(11)16/h7-10,13-14H,5-6,17H2,1-4H3. The predicted molar refractivity (Wildman–Crippen MR) is 77.9 cm³/mol. The smallest absolute Gasteiger partial charge is 0.0997 e. The van der Waals surface area contributed by atoms with Crippen molar-refractivity contribution in [2.24, 2.45) is 5.73 Å². The van der Waals surface area contributed by atoms with Gasteiger partial charge in [0.2, 0.25) is 0 Å². The molecule has 0 saturated carbocycles. The van der Waals surface area contributed by atoms with Crippen molar-refractivity contribution < 1.29 is 4.74 Å². The second-order valence-corrected chi connectivity index (χ2v) is 5.65. The molecule has 0 saturated heterocycles. The van der Waals surface area contributed by atoms with Crippen LogP contribution in [0.5, 0.6) is 0 Å². The lowest BCUT2D eigenvalue weighted by molar-refractivity contribution is -0.0857. The summed E-state index contributed by atoms with van der Waals surface area (Å²) in [5, 5.41) is 0.721. The second kappa shape index (κ2) is 6.55. The predicted octanol–water partition coefficient (Wildman–Crippen LogP) is 4.32. The van der Waals surface area contributed by atoms with E-state index in [0.29, 0.717) is 0 Å². The van der Waals surface area contributed by atoms with Gasteiger partial charge in [0, 0.05) is 16.6 Å². The molecule has 0 aromatic heterocycles. The molecular formula is C15H24ClNO. The van der Waals surface area contributed by atoms with Crippen molar-refractivity contribution in [3.05, 3.63) is 34.9 Å². The molecule has 1 rings (SSSR count). The van der Waals surface area contributed by atoms with Gasteiger partial charge in [0.1, 0.15) is 0 Å². The molecule has 2 nitrogen and oxygen atoms in total. The zero-order valence-electron chi connectivity index (χ0n) is 11.7. The molecule has 1 aromatic rings. The van der Waals surface area contributed by atoms with Crippen molar-refractivity contribution in [1.29, 1.82) is 0 Å².